The molecular weight excluding hydrogens is 360 g/mol. The first-order valence-corrected chi connectivity index (χ1v) is 10.1. The minimum absolute atomic E-state index is 0.0977. The molecule has 27 heavy (non-hydrogen) atoms. The Morgan fingerprint density at radius 1 is 0.963 bits per heavy atom. The van der Waals surface area contributed by atoms with Gasteiger partial charge in [0.2, 0.25) is 10.0 Å². The summed E-state index contributed by atoms with van der Waals surface area (Å²) < 4.78 is 30.1. The largest absolute Gasteiger partial charge is 0.387 e. The average molecular weight is 380 g/mol. The minimum atomic E-state index is -3.75. The summed E-state index contributed by atoms with van der Waals surface area (Å²) >= 11 is 0. The molecule has 0 aliphatic carbocycles. The Morgan fingerprint density at radius 3 is 2.44 bits per heavy atom. The summed E-state index contributed by atoms with van der Waals surface area (Å²) in [5.74, 6) is 0. The van der Waals surface area contributed by atoms with Crippen LogP contribution < -0.4 is 4.72 Å². The summed E-state index contributed by atoms with van der Waals surface area (Å²) in [6.45, 7) is -0.0977. The third kappa shape index (κ3) is 3.23. The van der Waals surface area contributed by atoms with Crippen molar-refractivity contribution < 1.29 is 13.5 Å². The van der Waals surface area contributed by atoms with Gasteiger partial charge in [-0.1, -0.05) is 54.6 Å². The molecule has 1 heterocycles. The van der Waals surface area contributed by atoms with Gasteiger partial charge in [-0.2, -0.15) is 0 Å². The fraction of sp³-hybridized carbons (Fsp3) is 0.143. The molecule has 1 aromatic heterocycles. The molecule has 0 unspecified atom stereocenters. The Kier molecular flexibility index (Phi) is 4.47. The van der Waals surface area contributed by atoms with Crippen LogP contribution in [0.1, 0.15) is 11.7 Å². The number of aromatic nitrogens is 1. The number of hydrogen-bond acceptors (Lipinski definition) is 3. The first-order valence-electron chi connectivity index (χ1n) is 8.67. The number of nitrogens with zero attached hydrogens (tertiary/aromatic N) is 1. The zero-order valence-corrected chi connectivity index (χ0v) is 15.6. The Labute approximate surface area is 157 Å². The molecule has 0 radical (unpaired) electrons. The maximum Gasteiger partial charge on any atom is 0.241 e. The van der Waals surface area contributed by atoms with E-state index in [1.807, 2.05) is 66.3 Å². The van der Waals surface area contributed by atoms with Gasteiger partial charge in [-0.05, 0) is 17.5 Å². The van der Waals surface area contributed by atoms with Crippen LogP contribution in [0.25, 0.3) is 21.7 Å². The van der Waals surface area contributed by atoms with Crippen LogP contribution >= 0.6 is 0 Å². The van der Waals surface area contributed by atoms with Gasteiger partial charge in [0.05, 0.1) is 11.0 Å². The third-order valence-electron chi connectivity index (χ3n) is 4.79. The Morgan fingerprint density at radius 2 is 1.63 bits per heavy atom. The molecule has 5 nitrogen and oxygen atoms in total. The smallest absolute Gasteiger partial charge is 0.241 e. The van der Waals surface area contributed by atoms with Crippen LogP contribution in [0.15, 0.2) is 77.8 Å². The molecule has 0 aliphatic heterocycles. The predicted molar refractivity (Wildman–Crippen MR) is 107 cm³/mol. The number of aliphatic hydroxyl groups excluding tert-OH is 1. The number of rotatable bonds is 5. The third-order valence-corrected chi connectivity index (χ3v) is 6.27. The normalized spacial score (nSPS) is 13.3. The second-order valence-corrected chi connectivity index (χ2v) is 8.29. The Balaban J connectivity index is 1.62. The van der Waals surface area contributed by atoms with Gasteiger partial charge in [-0.15, -0.1) is 0 Å². The van der Waals surface area contributed by atoms with Gasteiger partial charge >= 0.3 is 0 Å². The first-order chi connectivity index (χ1) is 13.0. The first kappa shape index (κ1) is 17.7. The van der Waals surface area contributed by atoms with Gasteiger partial charge in [-0.25, -0.2) is 13.1 Å². The SMILES string of the molecule is Cn1cc([C@H](O)CNS(=O)(=O)c2cccc3ccccc23)c2ccccc21. The van der Waals surface area contributed by atoms with Crippen molar-refractivity contribution in [3.05, 3.63) is 78.5 Å². The molecule has 0 aliphatic rings. The monoisotopic (exact) mass is 380 g/mol. The van der Waals surface area contributed by atoms with Crippen molar-refractivity contribution in [1.82, 2.24) is 9.29 Å². The highest BCUT2D eigenvalue weighted by atomic mass is 32.2. The number of sulfonamides is 1. The molecule has 4 aromatic rings. The number of hydrogen-bond donors (Lipinski definition) is 2. The highest BCUT2D eigenvalue weighted by Gasteiger charge is 2.20. The van der Waals surface area contributed by atoms with Crippen molar-refractivity contribution >= 4 is 31.7 Å². The van der Waals surface area contributed by atoms with Gasteiger partial charge in [0.15, 0.2) is 0 Å². The van der Waals surface area contributed by atoms with E-state index in [2.05, 4.69) is 4.72 Å². The van der Waals surface area contributed by atoms with E-state index in [1.54, 1.807) is 18.2 Å². The van der Waals surface area contributed by atoms with Gasteiger partial charge in [0, 0.05) is 41.6 Å². The minimum Gasteiger partial charge on any atom is -0.387 e. The van der Waals surface area contributed by atoms with E-state index in [1.165, 1.54) is 0 Å². The van der Waals surface area contributed by atoms with Crippen molar-refractivity contribution in [3.63, 3.8) is 0 Å². The predicted octanol–water partition coefficient (Wildman–Crippen LogP) is 3.34. The molecule has 3 aromatic carbocycles. The fourth-order valence-electron chi connectivity index (χ4n) is 3.44. The maximum atomic E-state index is 12.8. The van der Waals surface area contributed by atoms with Crippen LogP contribution in [-0.2, 0) is 17.1 Å². The summed E-state index contributed by atoms with van der Waals surface area (Å²) in [7, 11) is -1.85. The van der Waals surface area contributed by atoms with E-state index in [4.69, 9.17) is 0 Å². The molecule has 6 heteroatoms. The summed E-state index contributed by atoms with van der Waals surface area (Å²) in [6, 6.07) is 20.2. The fourth-order valence-corrected chi connectivity index (χ4v) is 4.71. The summed E-state index contributed by atoms with van der Waals surface area (Å²) in [4.78, 5) is 0.214. The Hall–Kier alpha value is -2.67. The quantitative estimate of drug-likeness (QED) is 0.558. The van der Waals surface area contributed by atoms with E-state index < -0.39 is 16.1 Å². The molecule has 0 bridgehead atoms. The van der Waals surface area contributed by atoms with Gasteiger partial charge < -0.3 is 9.67 Å². The zero-order valence-electron chi connectivity index (χ0n) is 14.8. The van der Waals surface area contributed by atoms with Gasteiger partial charge in [0.25, 0.3) is 0 Å². The number of aliphatic hydroxyl groups is 1. The standard InChI is InChI=1S/C21H20N2O3S/c1-23-14-18(17-10-4-5-11-19(17)23)20(24)13-22-27(25,26)21-12-6-8-15-7-2-3-9-16(15)21/h2-12,14,20,22,24H,13H2,1H3/t20-/m1/s1. The van der Waals surface area contributed by atoms with Crippen LogP contribution in [0.2, 0.25) is 0 Å². The molecule has 2 N–H and O–H groups in total. The number of aryl methyl sites for hydroxylation is 1. The van der Waals surface area contributed by atoms with Crippen molar-refractivity contribution in [2.24, 2.45) is 7.05 Å². The van der Waals surface area contributed by atoms with E-state index in [0.717, 1.165) is 16.3 Å². The molecule has 0 saturated heterocycles. The molecule has 0 amide bonds. The van der Waals surface area contributed by atoms with E-state index in [-0.39, 0.29) is 11.4 Å². The lowest BCUT2D eigenvalue weighted by molar-refractivity contribution is 0.183. The Bertz CT molecular complexity index is 1220. The van der Waals surface area contributed by atoms with E-state index >= 15 is 0 Å². The average Bonchev–Trinajstić information content (AvgIpc) is 3.03. The number of fused-ring (bicyclic) bond motifs is 2. The maximum absolute atomic E-state index is 12.8. The molecule has 0 spiro atoms. The van der Waals surface area contributed by atoms with Crippen LogP contribution in [0.3, 0.4) is 0 Å². The molecule has 138 valence electrons. The number of para-hydroxylation sites is 1. The lowest BCUT2D eigenvalue weighted by Crippen LogP contribution is -2.28. The van der Waals surface area contributed by atoms with Crippen LogP contribution in [0, 0.1) is 0 Å². The lowest BCUT2D eigenvalue weighted by Gasteiger charge is -2.13. The number of nitrogens with one attached hydrogen (secondary N) is 1. The van der Waals surface area contributed by atoms with Crippen molar-refractivity contribution in [2.45, 2.75) is 11.0 Å². The van der Waals surface area contributed by atoms with Crippen LogP contribution in [0.5, 0.6) is 0 Å². The summed E-state index contributed by atoms with van der Waals surface area (Å²) in [6.07, 6.45) is 0.891. The van der Waals surface area contributed by atoms with E-state index in [9.17, 15) is 13.5 Å². The summed E-state index contributed by atoms with van der Waals surface area (Å²) in [5, 5.41) is 13.0. The van der Waals surface area contributed by atoms with Gasteiger partial charge in [-0.3, -0.25) is 0 Å². The van der Waals surface area contributed by atoms with Crippen molar-refractivity contribution in [2.75, 3.05) is 6.54 Å². The van der Waals surface area contributed by atoms with Crippen molar-refractivity contribution in [3.8, 4) is 0 Å². The van der Waals surface area contributed by atoms with E-state index in [0.29, 0.717) is 10.9 Å². The van der Waals surface area contributed by atoms with Gasteiger partial charge in [0.1, 0.15) is 0 Å². The zero-order chi connectivity index (χ0) is 19.0. The van der Waals surface area contributed by atoms with Crippen LogP contribution in [-0.4, -0.2) is 24.6 Å². The van der Waals surface area contributed by atoms with Crippen molar-refractivity contribution in [1.29, 1.82) is 0 Å². The topological polar surface area (TPSA) is 71.3 Å². The molecule has 1 atom stereocenters. The highest BCUT2D eigenvalue weighted by molar-refractivity contribution is 7.89. The molecule has 0 saturated carbocycles. The number of benzene rings is 3. The lowest BCUT2D eigenvalue weighted by atomic mass is 10.1. The highest BCUT2D eigenvalue weighted by Crippen LogP contribution is 2.27. The summed E-state index contributed by atoms with van der Waals surface area (Å²) in [5.41, 5.74) is 1.69. The second kappa shape index (κ2) is 6.81. The van der Waals surface area contributed by atoms with Crippen LogP contribution in [0.4, 0.5) is 0 Å². The second-order valence-electron chi connectivity index (χ2n) is 6.56. The molecule has 0 fully saturated rings. The molecule has 4 rings (SSSR count). The molecular formula is C21H20N2O3S.